The molecule has 8 rings (SSSR count). The first-order valence-corrected chi connectivity index (χ1v) is 16.3. The summed E-state index contributed by atoms with van der Waals surface area (Å²) in [5.41, 5.74) is 7.15. The lowest BCUT2D eigenvalue weighted by Crippen LogP contribution is -2.21. The van der Waals surface area contributed by atoms with E-state index in [2.05, 4.69) is 24.8 Å². The number of pyridine rings is 1. The summed E-state index contributed by atoms with van der Waals surface area (Å²) in [7, 11) is 0. The van der Waals surface area contributed by atoms with Gasteiger partial charge in [0.25, 0.3) is 6.43 Å². The minimum atomic E-state index is -2.86. The number of alkyl halides is 2. The summed E-state index contributed by atoms with van der Waals surface area (Å²) in [6.07, 6.45) is -0.189. The van der Waals surface area contributed by atoms with Gasteiger partial charge in [-0.1, -0.05) is 47.5 Å². The maximum absolute atomic E-state index is 14.1. The zero-order valence-corrected chi connectivity index (χ0v) is 26.9. The van der Waals surface area contributed by atoms with Crippen LogP contribution in [0, 0.1) is 0 Å². The quantitative estimate of drug-likeness (QED) is 0.176. The fourth-order valence-electron chi connectivity index (χ4n) is 6.71. The van der Waals surface area contributed by atoms with Crippen LogP contribution in [0.5, 0.6) is 0 Å². The lowest BCUT2D eigenvalue weighted by Gasteiger charge is -2.21. The minimum Gasteiger partial charge on any atom is -0.434 e. The van der Waals surface area contributed by atoms with Gasteiger partial charge in [-0.05, 0) is 65.4 Å². The van der Waals surface area contributed by atoms with Gasteiger partial charge in [0.1, 0.15) is 11.0 Å². The average molecular weight is 690 g/mol. The third-order valence-electron chi connectivity index (χ3n) is 8.93. The van der Waals surface area contributed by atoms with E-state index in [0.717, 1.165) is 34.5 Å². The fourth-order valence-corrected chi connectivity index (χ4v) is 7.30. The fraction of sp³-hybridized carbons (Fsp3) is 0.257. The molecule has 5 heterocycles. The van der Waals surface area contributed by atoms with Gasteiger partial charge in [0, 0.05) is 43.6 Å². The van der Waals surface area contributed by atoms with Crippen molar-refractivity contribution in [2.24, 2.45) is 0 Å². The summed E-state index contributed by atoms with van der Waals surface area (Å²) in [5, 5.41) is 20.3. The van der Waals surface area contributed by atoms with Gasteiger partial charge in [-0.25, -0.2) is 23.7 Å². The van der Waals surface area contributed by atoms with E-state index >= 15 is 0 Å². The third kappa shape index (κ3) is 5.45. The number of benzene rings is 3. The number of fused-ring (bicyclic) bond motifs is 3. The van der Waals surface area contributed by atoms with Gasteiger partial charge in [-0.15, -0.1) is 0 Å². The first-order valence-electron chi connectivity index (χ1n) is 15.5. The van der Waals surface area contributed by atoms with Crippen molar-refractivity contribution in [2.45, 2.75) is 38.5 Å². The highest BCUT2D eigenvalue weighted by atomic mass is 35.5. The van der Waals surface area contributed by atoms with E-state index in [9.17, 15) is 19.0 Å². The lowest BCUT2D eigenvalue weighted by atomic mass is 9.96. The maximum atomic E-state index is 14.1. The number of hydrogen-bond donors (Lipinski definition) is 2. The Balaban J connectivity index is 1.18. The van der Waals surface area contributed by atoms with Gasteiger partial charge >= 0.3 is 0 Å². The zero-order chi connectivity index (χ0) is 33.1. The Hall–Kier alpha value is -4.26. The van der Waals surface area contributed by atoms with Crippen molar-refractivity contribution in [1.29, 1.82) is 0 Å². The summed E-state index contributed by atoms with van der Waals surface area (Å²) in [6.45, 7) is 2.17. The molecule has 6 aromatic rings. The highest BCUT2D eigenvalue weighted by Crippen LogP contribution is 2.45. The van der Waals surface area contributed by atoms with Crippen LogP contribution < -0.4 is 4.90 Å². The number of aliphatic hydroxyl groups is 2. The van der Waals surface area contributed by atoms with E-state index in [1.54, 1.807) is 24.4 Å². The van der Waals surface area contributed by atoms with Crippen LogP contribution in [0.1, 0.15) is 35.4 Å². The molecule has 1 atom stereocenters. The number of hydrogen-bond acceptors (Lipinski definition) is 9. The van der Waals surface area contributed by atoms with E-state index in [1.807, 2.05) is 41.3 Å². The summed E-state index contributed by atoms with van der Waals surface area (Å²) >= 11 is 13.5. The highest BCUT2D eigenvalue weighted by molar-refractivity contribution is 6.36. The number of halogens is 4. The summed E-state index contributed by atoms with van der Waals surface area (Å²) in [6, 6.07) is 16.6. The van der Waals surface area contributed by atoms with Gasteiger partial charge < -0.3 is 19.5 Å². The molecule has 0 spiro atoms. The molecule has 2 aliphatic rings. The van der Waals surface area contributed by atoms with Crippen LogP contribution >= 0.6 is 23.2 Å². The highest BCUT2D eigenvalue weighted by Gasteiger charge is 2.29. The van der Waals surface area contributed by atoms with E-state index < -0.39 is 12.2 Å². The van der Waals surface area contributed by atoms with Crippen molar-refractivity contribution in [1.82, 2.24) is 24.8 Å². The average Bonchev–Trinajstić information content (AvgIpc) is 3.82. The largest absolute Gasteiger partial charge is 0.434 e. The van der Waals surface area contributed by atoms with E-state index in [-0.39, 0.29) is 12.7 Å². The van der Waals surface area contributed by atoms with Crippen LogP contribution in [0.3, 0.4) is 0 Å². The topological polar surface area (TPSA) is 112 Å². The summed E-state index contributed by atoms with van der Waals surface area (Å²) in [5.74, 6) is 0.0547. The molecule has 2 N–H and O–H groups in total. The Kier molecular flexibility index (Phi) is 7.97. The second kappa shape index (κ2) is 12.3. The molecule has 0 amide bonds. The Bertz CT molecular complexity index is 2210. The molecule has 0 radical (unpaired) electrons. The van der Waals surface area contributed by atoms with Gasteiger partial charge in [-0.3, -0.25) is 9.88 Å². The van der Waals surface area contributed by atoms with Crippen molar-refractivity contribution >= 4 is 56.8 Å². The predicted molar refractivity (Wildman–Crippen MR) is 180 cm³/mol. The molecule has 3 aromatic heterocycles. The first kappa shape index (κ1) is 31.0. The molecule has 3 aromatic carbocycles. The number of anilines is 2. The van der Waals surface area contributed by atoms with E-state index in [1.165, 1.54) is 0 Å². The van der Waals surface area contributed by atoms with E-state index in [4.69, 9.17) is 27.6 Å². The lowest BCUT2D eigenvalue weighted by molar-refractivity contribution is 0.141. The number of β-amino-alcohol motifs (C(OH)–C–C–N with tert-alkyl or cyclic N) is 1. The van der Waals surface area contributed by atoms with Crippen molar-refractivity contribution in [3.63, 3.8) is 0 Å². The van der Waals surface area contributed by atoms with Gasteiger partial charge in [0.05, 0.1) is 33.8 Å². The van der Waals surface area contributed by atoms with Crippen LogP contribution in [-0.4, -0.2) is 60.8 Å². The number of aromatic nitrogens is 4. The zero-order valence-electron chi connectivity index (χ0n) is 25.4. The standard InChI is InChI=1S/C35H28Cl2F2N6O3/c36-25-11-18(17-46)12-27-31(25)48-35(42-27)24-5-1-4-23(29(24)37)21-3-2-6-28-22(21)8-10-45(28)34-30-26(41-33(43-34)32(38)39)13-19(14-40-30)15-44-9-7-20(47)16-44/h1-6,11-14,20,32,46-47H,7-10,15-17H2/t20-/m1/s1. The molecule has 244 valence electrons. The van der Waals surface area contributed by atoms with Gasteiger partial charge in [0.15, 0.2) is 17.2 Å². The van der Waals surface area contributed by atoms with Crippen LogP contribution in [0.25, 0.3) is 44.7 Å². The Morgan fingerprint density at radius 2 is 1.73 bits per heavy atom. The van der Waals surface area contributed by atoms with Crippen LogP contribution in [-0.2, 0) is 19.6 Å². The number of oxazole rings is 1. The second-order valence-corrected chi connectivity index (χ2v) is 12.9. The molecule has 1 saturated heterocycles. The van der Waals surface area contributed by atoms with Crippen LogP contribution in [0.4, 0.5) is 20.3 Å². The minimum absolute atomic E-state index is 0.180. The molecule has 0 unspecified atom stereocenters. The van der Waals surface area contributed by atoms with Crippen LogP contribution in [0.15, 0.2) is 65.2 Å². The number of aliphatic hydroxyl groups excluding tert-OH is 2. The maximum Gasteiger partial charge on any atom is 0.297 e. The SMILES string of the molecule is OCc1cc(Cl)c2oc(-c3cccc(-c4cccc5c4CCN5c4nc(C(F)F)nc5cc(CN6CC[C@@H](O)C6)cnc45)c3Cl)nc2c1. The Labute approximate surface area is 283 Å². The normalized spacial score (nSPS) is 16.6. The monoisotopic (exact) mass is 688 g/mol. The van der Waals surface area contributed by atoms with Crippen molar-refractivity contribution < 1.29 is 23.4 Å². The molecule has 48 heavy (non-hydrogen) atoms. The molecular formula is C35H28Cl2F2N6O3. The summed E-state index contributed by atoms with van der Waals surface area (Å²) < 4.78 is 34.3. The third-order valence-corrected chi connectivity index (χ3v) is 9.62. The number of likely N-dealkylation sites (tertiary alicyclic amines) is 1. The molecule has 1 fully saturated rings. The predicted octanol–water partition coefficient (Wildman–Crippen LogP) is 7.50. The number of rotatable bonds is 7. The van der Waals surface area contributed by atoms with Crippen molar-refractivity contribution in [2.75, 3.05) is 24.5 Å². The van der Waals surface area contributed by atoms with Gasteiger partial charge in [-0.2, -0.15) is 0 Å². The Morgan fingerprint density at radius 3 is 2.52 bits per heavy atom. The molecule has 2 aliphatic heterocycles. The number of nitrogens with zero attached hydrogens (tertiary/aromatic N) is 6. The van der Waals surface area contributed by atoms with E-state index in [0.29, 0.717) is 87.5 Å². The molecule has 0 aliphatic carbocycles. The molecule has 13 heteroatoms. The second-order valence-electron chi connectivity index (χ2n) is 12.1. The first-order chi connectivity index (χ1) is 23.3. The Morgan fingerprint density at radius 1 is 0.938 bits per heavy atom. The van der Waals surface area contributed by atoms with Crippen LogP contribution in [0.2, 0.25) is 10.0 Å². The molecule has 0 bridgehead atoms. The van der Waals surface area contributed by atoms with Crippen molar-refractivity contribution in [3.05, 3.63) is 93.4 Å². The smallest absolute Gasteiger partial charge is 0.297 e. The van der Waals surface area contributed by atoms with Gasteiger partial charge in [0.2, 0.25) is 5.89 Å². The summed E-state index contributed by atoms with van der Waals surface area (Å²) in [4.78, 5) is 21.8. The molecule has 0 saturated carbocycles. The molecular weight excluding hydrogens is 661 g/mol. The van der Waals surface area contributed by atoms with Crippen molar-refractivity contribution in [3.8, 4) is 22.6 Å². The molecule has 9 nitrogen and oxygen atoms in total.